The van der Waals surface area contributed by atoms with Gasteiger partial charge in [-0.25, -0.2) is 0 Å². The number of hydrogen-bond acceptors (Lipinski definition) is 3. The highest BCUT2D eigenvalue weighted by Gasteiger charge is 2.04. The fourth-order valence-electron chi connectivity index (χ4n) is 3.18. The fourth-order valence-corrected chi connectivity index (χ4v) is 3.18. The van der Waals surface area contributed by atoms with E-state index in [1.54, 1.807) is 18.2 Å². The van der Waals surface area contributed by atoms with E-state index in [0.29, 0.717) is 17.8 Å². The van der Waals surface area contributed by atoms with Crippen LogP contribution in [0.4, 0.5) is 17.1 Å². The number of amides is 1. The Morgan fingerprint density at radius 1 is 0.769 bits per heavy atom. The first-order valence-electron chi connectivity index (χ1n) is 10.6. The Bertz CT molecular complexity index is 502. The molecular formula is C22H39N3O. The zero-order valence-electron chi connectivity index (χ0n) is 16.7. The lowest BCUT2D eigenvalue weighted by molar-refractivity contribution is -0.116. The van der Waals surface area contributed by atoms with Crippen LogP contribution < -0.4 is 16.8 Å². The van der Waals surface area contributed by atoms with Gasteiger partial charge in [0.15, 0.2) is 0 Å². The monoisotopic (exact) mass is 361 g/mol. The third-order valence-corrected chi connectivity index (χ3v) is 4.88. The van der Waals surface area contributed by atoms with E-state index in [9.17, 15) is 4.79 Å². The van der Waals surface area contributed by atoms with E-state index in [1.165, 1.54) is 70.6 Å². The van der Waals surface area contributed by atoms with Crippen LogP contribution in [-0.4, -0.2) is 5.91 Å². The molecule has 0 aromatic heterocycles. The first-order valence-corrected chi connectivity index (χ1v) is 10.6. The highest BCUT2D eigenvalue weighted by atomic mass is 16.1. The molecule has 0 unspecified atom stereocenters. The lowest BCUT2D eigenvalue weighted by Crippen LogP contribution is -2.11. The van der Waals surface area contributed by atoms with Gasteiger partial charge in [-0.1, -0.05) is 84.0 Å². The van der Waals surface area contributed by atoms with Crippen molar-refractivity contribution in [3.63, 3.8) is 0 Å². The van der Waals surface area contributed by atoms with E-state index in [2.05, 4.69) is 12.2 Å². The van der Waals surface area contributed by atoms with Gasteiger partial charge in [-0.3, -0.25) is 4.79 Å². The molecule has 26 heavy (non-hydrogen) atoms. The Labute approximate surface area is 160 Å². The summed E-state index contributed by atoms with van der Waals surface area (Å²) in [5.74, 6) is 0.0530. The second-order valence-electron chi connectivity index (χ2n) is 7.38. The van der Waals surface area contributed by atoms with Gasteiger partial charge < -0.3 is 16.8 Å². The smallest absolute Gasteiger partial charge is 0.224 e. The van der Waals surface area contributed by atoms with Gasteiger partial charge in [0, 0.05) is 12.1 Å². The molecule has 1 aromatic rings. The number of nitrogens with one attached hydrogen (secondary N) is 1. The number of carbonyl (C=O) groups is 1. The molecule has 0 aliphatic rings. The number of anilines is 3. The van der Waals surface area contributed by atoms with Crippen molar-refractivity contribution in [3.05, 3.63) is 18.2 Å². The van der Waals surface area contributed by atoms with Crippen molar-refractivity contribution in [1.82, 2.24) is 0 Å². The molecule has 0 fully saturated rings. The third kappa shape index (κ3) is 11.0. The molecule has 0 spiro atoms. The minimum absolute atomic E-state index is 0.0530. The molecule has 0 bridgehead atoms. The van der Waals surface area contributed by atoms with Crippen molar-refractivity contribution in [2.75, 3.05) is 16.8 Å². The second kappa shape index (κ2) is 14.5. The summed E-state index contributed by atoms with van der Waals surface area (Å²) in [7, 11) is 0. The molecule has 4 nitrogen and oxygen atoms in total. The first-order chi connectivity index (χ1) is 12.6. The molecule has 5 N–H and O–H groups in total. The average molecular weight is 362 g/mol. The lowest BCUT2D eigenvalue weighted by atomic mass is 10.0. The summed E-state index contributed by atoms with van der Waals surface area (Å²) < 4.78 is 0. The third-order valence-electron chi connectivity index (χ3n) is 4.88. The predicted molar refractivity (Wildman–Crippen MR) is 114 cm³/mol. The average Bonchev–Trinajstić information content (AvgIpc) is 2.62. The summed E-state index contributed by atoms with van der Waals surface area (Å²) >= 11 is 0. The van der Waals surface area contributed by atoms with Gasteiger partial charge in [0.25, 0.3) is 0 Å². The standard InChI is InChI=1S/C22H39N3O/c1-2-3-4-5-6-7-8-9-10-11-12-13-14-15-22(26)25-19-16-17-20(23)21(24)18-19/h16-18H,2-15,23-24H2,1H3,(H,25,26). The quantitative estimate of drug-likeness (QED) is 0.254. The molecular weight excluding hydrogens is 322 g/mol. The van der Waals surface area contributed by atoms with Crippen LogP contribution >= 0.6 is 0 Å². The lowest BCUT2D eigenvalue weighted by Gasteiger charge is -2.07. The van der Waals surface area contributed by atoms with Crippen LogP contribution in [0.2, 0.25) is 0 Å². The maximum Gasteiger partial charge on any atom is 0.224 e. The molecule has 4 heteroatoms. The Morgan fingerprint density at radius 3 is 1.77 bits per heavy atom. The molecule has 0 aliphatic carbocycles. The first kappa shape index (κ1) is 22.3. The van der Waals surface area contributed by atoms with Crippen molar-refractivity contribution in [2.24, 2.45) is 0 Å². The summed E-state index contributed by atoms with van der Waals surface area (Å²) in [6, 6.07) is 5.21. The van der Waals surface area contributed by atoms with Gasteiger partial charge in [-0.15, -0.1) is 0 Å². The number of rotatable bonds is 15. The van der Waals surface area contributed by atoms with Crippen LogP contribution in [0.25, 0.3) is 0 Å². The molecule has 148 valence electrons. The predicted octanol–water partition coefficient (Wildman–Crippen LogP) is 6.27. The van der Waals surface area contributed by atoms with Crippen LogP contribution in [0.3, 0.4) is 0 Å². The Kier molecular flexibility index (Phi) is 12.4. The van der Waals surface area contributed by atoms with Gasteiger partial charge in [0.1, 0.15) is 0 Å². The zero-order valence-corrected chi connectivity index (χ0v) is 16.7. The fraction of sp³-hybridized carbons (Fsp3) is 0.682. The van der Waals surface area contributed by atoms with Crippen LogP contribution in [0.15, 0.2) is 18.2 Å². The van der Waals surface area contributed by atoms with Crippen molar-refractivity contribution in [1.29, 1.82) is 0 Å². The normalized spacial score (nSPS) is 10.8. The van der Waals surface area contributed by atoms with E-state index in [-0.39, 0.29) is 5.91 Å². The topological polar surface area (TPSA) is 81.1 Å². The van der Waals surface area contributed by atoms with E-state index < -0.39 is 0 Å². The summed E-state index contributed by atoms with van der Waals surface area (Å²) in [6.45, 7) is 2.27. The largest absolute Gasteiger partial charge is 0.397 e. The van der Waals surface area contributed by atoms with E-state index in [4.69, 9.17) is 11.5 Å². The second-order valence-corrected chi connectivity index (χ2v) is 7.38. The summed E-state index contributed by atoms with van der Waals surface area (Å²) in [4.78, 5) is 11.9. The van der Waals surface area contributed by atoms with Gasteiger partial charge in [-0.05, 0) is 24.6 Å². The number of unbranched alkanes of at least 4 members (excludes halogenated alkanes) is 12. The van der Waals surface area contributed by atoms with Crippen molar-refractivity contribution < 1.29 is 4.79 Å². The highest BCUT2D eigenvalue weighted by Crippen LogP contribution is 2.20. The van der Waals surface area contributed by atoms with Crippen LogP contribution in [0, 0.1) is 0 Å². The van der Waals surface area contributed by atoms with Crippen molar-refractivity contribution in [3.8, 4) is 0 Å². The maximum absolute atomic E-state index is 11.9. The van der Waals surface area contributed by atoms with E-state index >= 15 is 0 Å². The molecule has 1 rings (SSSR count). The molecule has 0 heterocycles. The maximum atomic E-state index is 11.9. The Balaban J connectivity index is 1.91. The minimum Gasteiger partial charge on any atom is -0.397 e. The van der Waals surface area contributed by atoms with Gasteiger partial charge in [-0.2, -0.15) is 0 Å². The molecule has 0 saturated heterocycles. The Morgan fingerprint density at radius 2 is 1.27 bits per heavy atom. The van der Waals surface area contributed by atoms with Gasteiger partial charge in [0.2, 0.25) is 5.91 Å². The number of nitrogen functional groups attached to an aromatic ring is 2. The van der Waals surface area contributed by atoms with E-state index in [1.807, 2.05) is 0 Å². The molecule has 0 atom stereocenters. The van der Waals surface area contributed by atoms with Gasteiger partial charge in [0.05, 0.1) is 11.4 Å². The molecule has 1 aromatic carbocycles. The zero-order chi connectivity index (χ0) is 19.0. The molecule has 1 amide bonds. The summed E-state index contributed by atoms with van der Waals surface area (Å²) in [5, 5.41) is 2.88. The summed E-state index contributed by atoms with van der Waals surface area (Å²) in [6.07, 6.45) is 17.7. The molecule has 0 saturated carbocycles. The molecule has 0 radical (unpaired) electrons. The van der Waals surface area contributed by atoms with Crippen LogP contribution in [0.5, 0.6) is 0 Å². The summed E-state index contributed by atoms with van der Waals surface area (Å²) in [5.41, 5.74) is 13.2. The van der Waals surface area contributed by atoms with E-state index in [0.717, 1.165) is 18.5 Å². The SMILES string of the molecule is CCCCCCCCCCCCCCCC(=O)Nc1ccc(N)c(N)c1. The molecule has 0 aliphatic heterocycles. The highest BCUT2D eigenvalue weighted by molar-refractivity contribution is 5.91. The van der Waals surface area contributed by atoms with Crippen molar-refractivity contribution >= 4 is 23.0 Å². The van der Waals surface area contributed by atoms with Gasteiger partial charge >= 0.3 is 0 Å². The minimum atomic E-state index is 0.0530. The number of carbonyl (C=O) groups excluding carboxylic acids is 1. The van der Waals surface area contributed by atoms with Crippen molar-refractivity contribution in [2.45, 2.75) is 96.8 Å². The van der Waals surface area contributed by atoms with Crippen LogP contribution in [-0.2, 0) is 4.79 Å². The number of hydrogen-bond donors (Lipinski definition) is 3. The Hall–Kier alpha value is -1.71. The number of benzene rings is 1. The number of nitrogens with two attached hydrogens (primary N) is 2. The van der Waals surface area contributed by atoms with Crippen LogP contribution in [0.1, 0.15) is 96.8 Å².